The summed E-state index contributed by atoms with van der Waals surface area (Å²) in [5.74, 6) is -0.623. The van der Waals surface area contributed by atoms with Gasteiger partial charge in [-0.3, -0.25) is 4.79 Å². The Labute approximate surface area is 149 Å². The van der Waals surface area contributed by atoms with Crippen molar-refractivity contribution < 1.29 is 18.7 Å². The number of nitrogens with zero attached hydrogens (tertiary/aromatic N) is 1. The van der Waals surface area contributed by atoms with Crippen LogP contribution in [0.3, 0.4) is 0 Å². The normalized spacial score (nSPS) is 17.9. The quantitative estimate of drug-likeness (QED) is 0.610. The van der Waals surface area contributed by atoms with Crippen LogP contribution in [0.4, 0.5) is 0 Å². The van der Waals surface area contributed by atoms with Gasteiger partial charge in [-0.25, -0.2) is 4.79 Å². The van der Waals surface area contributed by atoms with Gasteiger partial charge in [-0.15, -0.1) is 0 Å². The third kappa shape index (κ3) is 4.96. The number of carbonyl (C=O) groups is 2. The van der Waals surface area contributed by atoms with Gasteiger partial charge in [0.15, 0.2) is 10.8 Å². The predicted octanol–water partition coefficient (Wildman–Crippen LogP) is 3.33. The Morgan fingerprint density at radius 3 is 2.71 bits per heavy atom. The van der Waals surface area contributed by atoms with Crippen molar-refractivity contribution in [1.82, 2.24) is 5.32 Å². The SMILES string of the molecule is C[C@H](OC(=O)/C=C/c1ccc(Br)o1)C(=O)NC1(C#N)CCCCC1. The molecule has 1 fully saturated rings. The molecular formula is C17H19BrN2O4. The molecule has 0 aliphatic heterocycles. The van der Waals surface area contributed by atoms with E-state index in [4.69, 9.17) is 9.15 Å². The first-order valence-corrected chi connectivity index (χ1v) is 8.61. The summed E-state index contributed by atoms with van der Waals surface area (Å²) in [6.45, 7) is 1.48. The zero-order valence-electron chi connectivity index (χ0n) is 13.4. The lowest BCUT2D eigenvalue weighted by Crippen LogP contribution is -2.52. The van der Waals surface area contributed by atoms with Gasteiger partial charge < -0.3 is 14.5 Å². The van der Waals surface area contributed by atoms with E-state index in [-0.39, 0.29) is 0 Å². The van der Waals surface area contributed by atoms with Crippen LogP contribution in [0.1, 0.15) is 44.8 Å². The van der Waals surface area contributed by atoms with Crippen molar-refractivity contribution in [3.63, 3.8) is 0 Å². The molecule has 0 bridgehead atoms. The van der Waals surface area contributed by atoms with E-state index >= 15 is 0 Å². The summed E-state index contributed by atoms with van der Waals surface area (Å²) in [5.41, 5.74) is -0.841. The van der Waals surface area contributed by atoms with Crippen LogP contribution < -0.4 is 5.32 Å². The van der Waals surface area contributed by atoms with Crippen molar-refractivity contribution in [3.05, 3.63) is 28.6 Å². The number of esters is 1. The number of halogens is 1. The maximum atomic E-state index is 12.2. The van der Waals surface area contributed by atoms with Crippen molar-refractivity contribution in [1.29, 1.82) is 5.26 Å². The number of hydrogen-bond acceptors (Lipinski definition) is 5. The molecule has 1 amide bonds. The first-order chi connectivity index (χ1) is 11.4. The standard InChI is InChI=1S/C17H19BrN2O4/c1-12(16(22)20-17(11-19)9-3-2-4-10-17)23-15(21)8-6-13-5-7-14(18)24-13/h5-8,12H,2-4,9-10H2,1H3,(H,20,22)/b8-6+/t12-/m0/s1. The van der Waals surface area contributed by atoms with Gasteiger partial charge >= 0.3 is 5.97 Å². The summed E-state index contributed by atoms with van der Waals surface area (Å²) >= 11 is 3.16. The molecule has 1 aliphatic rings. The van der Waals surface area contributed by atoms with Crippen LogP contribution in [-0.4, -0.2) is 23.5 Å². The summed E-state index contributed by atoms with van der Waals surface area (Å²) in [6.07, 6.45) is 5.81. The lowest BCUT2D eigenvalue weighted by molar-refractivity contribution is -0.150. The van der Waals surface area contributed by atoms with E-state index in [9.17, 15) is 14.9 Å². The van der Waals surface area contributed by atoms with E-state index in [1.54, 1.807) is 12.1 Å². The minimum absolute atomic E-state index is 0.457. The van der Waals surface area contributed by atoms with Crippen LogP contribution >= 0.6 is 15.9 Å². The molecule has 7 heteroatoms. The van der Waals surface area contributed by atoms with E-state index in [2.05, 4.69) is 27.3 Å². The van der Waals surface area contributed by atoms with Crippen LogP contribution in [0.25, 0.3) is 6.08 Å². The Hall–Kier alpha value is -2.07. The van der Waals surface area contributed by atoms with Gasteiger partial charge in [0.2, 0.25) is 0 Å². The number of ether oxygens (including phenoxy) is 1. The molecule has 1 atom stereocenters. The molecule has 0 radical (unpaired) electrons. The molecule has 1 aromatic heterocycles. The Morgan fingerprint density at radius 1 is 1.42 bits per heavy atom. The van der Waals surface area contributed by atoms with Crippen LogP contribution in [0.15, 0.2) is 27.3 Å². The fourth-order valence-electron chi connectivity index (χ4n) is 2.59. The Morgan fingerprint density at radius 2 is 2.12 bits per heavy atom. The van der Waals surface area contributed by atoms with Gasteiger partial charge in [-0.2, -0.15) is 5.26 Å². The second-order valence-corrected chi connectivity index (χ2v) is 6.58. The van der Waals surface area contributed by atoms with Crippen LogP contribution in [0.2, 0.25) is 0 Å². The molecule has 128 valence electrons. The number of carbonyl (C=O) groups excluding carboxylic acids is 2. The van der Waals surface area contributed by atoms with Crippen molar-refractivity contribution >= 4 is 33.9 Å². The highest BCUT2D eigenvalue weighted by Crippen LogP contribution is 2.27. The Kier molecular flexibility index (Phi) is 6.21. The highest BCUT2D eigenvalue weighted by atomic mass is 79.9. The molecule has 1 heterocycles. The molecule has 0 aromatic carbocycles. The molecule has 1 N–H and O–H groups in total. The zero-order valence-corrected chi connectivity index (χ0v) is 15.0. The monoisotopic (exact) mass is 394 g/mol. The van der Waals surface area contributed by atoms with Gasteiger partial charge in [0.05, 0.1) is 6.07 Å². The number of furan rings is 1. The summed E-state index contributed by atoms with van der Waals surface area (Å²) in [4.78, 5) is 24.0. The first kappa shape index (κ1) is 18.3. The highest BCUT2D eigenvalue weighted by molar-refractivity contribution is 9.10. The average Bonchev–Trinajstić information content (AvgIpc) is 2.99. The predicted molar refractivity (Wildman–Crippen MR) is 90.6 cm³/mol. The summed E-state index contributed by atoms with van der Waals surface area (Å²) < 4.78 is 10.8. The summed E-state index contributed by atoms with van der Waals surface area (Å²) in [6, 6.07) is 5.59. The van der Waals surface area contributed by atoms with E-state index in [1.165, 1.54) is 19.1 Å². The first-order valence-electron chi connectivity index (χ1n) is 7.81. The van der Waals surface area contributed by atoms with Gasteiger partial charge in [-0.1, -0.05) is 19.3 Å². The van der Waals surface area contributed by atoms with Gasteiger partial charge in [0, 0.05) is 6.08 Å². The van der Waals surface area contributed by atoms with Crippen LogP contribution in [0.5, 0.6) is 0 Å². The molecule has 0 spiro atoms. The van der Waals surface area contributed by atoms with Crippen molar-refractivity contribution in [2.75, 3.05) is 0 Å². The van der Waals surface area contributed by atoms with E-state index in [0.717, 1.165) is 19.3 Å². The fraction of sp³-hybridized carbons (Fsp3) is 0.471. The van der Waals surface area contributed by atoms with Crippen molar-refractivity contribution in [2.24, 2.45) is 0 Å². The second kappa shape index (κ2) is 8.15. The number of hydrogen-bond donors (Lipinski definition) is 1. The average molecular weight is 395 g/mol. The van der Waals surface area contributed by atoms with E-state index in [0.29, 0.717) is 23.3 Å². The fourth-order valence-corrected chi connectivity index (χ4v) is 2.91. The number of nitriles is 1. The zero-order chi connectivity index (χ0) is 17.6. The molecule has 1 aromatic rings. The highest BCUT2D eigenvalue weighted by Gasteiger charge is 2.35. The molecule has 2 rings (SSSR count). The smallest absolute Gasteiger partial charge is 0.331 e. The molecule has 1 saturated carbocycles. The van der Waals surface area contributed by atoms with Gasteiger partial charge in [0.25, 0.3) is 5.91 Å². The van der Waals surface area contributed by atoms with Crippen LogP contribution in [-0.2, 0) is 14.3 Å². The maximum Gasteiger partial charge on any atom is 0.331 e. The third-order valence-electron chi connectivity index (χ3n) is 3.92. The summed E-state index contributed by atoms with van der Waals surface area (Å²) in [5, 5.41) is 12.1. The van der Waals surface area contributed by atoms with E-state index in [1.807, 2.05) is 0 Å². The molecular weight excluding hydrogens is 376 g/mol. The van der Waals surface area contributed by atoms with Crippen molar-refractivity contribution in [2.45, 2.75) is 50.7 Å². The number of nitrogens with one attached hydrogen (secondary N) is 1. The molecule has 0 unspecified atom stereocenters. The molecule has 1 aliphatic carbocycles. The van der Waals surface area contributed by atoms with Gasteiger partial charge in [-0.05, 0) is 53.9 Å². The second-order valence-electron chi connectivity index (χ2n) is 5.80. The Balaban J connectivity index is 1.87. The lowest BCUT2D eigenvalue weighted by atomic mass is 9.83. The van der Waals surface area contributed by atoms with E-state index < -0.39 is 23.5 Å². The third-order valence-corrected chi connectivity index (χ3v) is 4.35. The molecule has 6 nitrogen and oxygen atoms in total. The molecule has 0 saturated heterocycles. The number of rotatable bonds is 5. The lowest BCUT2D eigenvalue weighted by Gasteiger charge is -2.32. The van der Waals surface area contributed by atoms with Crippen LogP contribution in [0, 0.1) is 11.3 Å². The topological polar surface area (TPSA) is 92.3 Å². The van der Waals surface area contributed by atoms with Gasteiger partial charge in [0.1, 0.15) is 11.3 Å². The Bertz CT molecular complexity index is 668. The number of amides is 1. The molecule has 24 heavy (non-hydrogen) atoms. The largest absolute Gasteiger partial charge is 0.450 e. The van der Waals surface area contributed by atoms with Crippen molar-refractivity contribution in [3.8, 4) is 6.07 Å². The minimum Gasteiger partial charge on any atom is -0.450 e. The summed E-state index contributed by atoms with van der Waals surface area (Å²) in [7, 11) is 0. The maximum absolute atomic E-state index is 12.2. The minimum atomic E-state index is -0.974.